The third-order valence-electron chi connectivity index (χ3n) is 3.14. The second-order valence-corrected chi connectivity index (χ2v) is 4.83. The lowest BCUT2D eigenvalue weighted by molar-refractivity contribution is -0.0583. The Kier molecular flexibility index (Phi) is 5.14. The van der Waals surface area contributed by atoms with Crippen LogP contribution in [0.4, 0.5) is 5.69 Å². The molecule has 1 heterocycles. The Morgan fingerprint density at radius 2 is 1.90 bits per heavy atom. The first-order valence-electron chi connectivity index (χ1n) is 6.96. The van der Waals surface area contributed by atoms with Crippen molar-refractivity contribution in [3.8, 4) is 0 Å². The number of benzene rings is 1. The number of hydrogen-bond donors (Lipinski definition) is 3. The fourth-order valence-electron chi connectivity index (χ4n) is 1.94. The van der Waals surface area contributed by atoms with Gasteiger partial charge in [-0.1, -0.05) is 25.5 Å². The second kappa shape index (κ2) is 7.06. The van der Waals surface area contributed by atoms with E-state index >= 15 is 0 Å². The van der Waals surface area contributed by atoms with Gasteiger partial charge in [-0.05, 0) is 42.7 Å². The molecule has 1 aromatic carbocycles. The minimum Gasteiger partial charge on any atom is -0.451 e. The summed E-state index contributed by atoms with van der Waals surface area (Å²) in [4.78, 5) is 11.9. The molecule has 0 atom stereocenters. The molecule has 0 fully saturated rings. The monoisotopic (exact) mass is 289 g/mol. The number of unbranched alkanes of at least 4 members (excludes halogenated alkanes) is 1. The molecule has 0 radical (unpaired) electrons. The lowest BCUT2D eigenvalue weighted by atomic mass is 10.1. The minimum atomic E-state index is -1.72. The van der Waals surface area contributed by atoms with E-state index in [1.54, 1.807) is 0 Å². The van der Waals surface area contributed by atoms with Crippen LogP contribution < -0.4 is 5.32 Å². The van der Waals surface area contributed by atoms with Crippen LogP contribution in [-0.2, 0) is 6.42 Å². The van der Waals surface area contributed by atoms with E-state index in [0.29, 0.717) is 5.69 Å². The van der Waals surface area contributed by atoms with Gasteiger partial charge < -0.3 is 19.9 Å². The van der Waals surface area contributed by atoms with Gasteiger partial charge in [0.25, 0.3) is 5.91 Å². The smallest absolute Gasteiger partial charge is 0.291 e. The molecule has 0 aliphatic rings. The quantitative estimate of drug-likeness (QED) is 0.714. The average molecular weight is 289 g/mol. The van der Waals surface area contributed by atoms with Gasteiger partial charge >= 0.3 is 0 Å². The summed E-state index contributed by atoms with van der Waals surface area (Å²) in [6.45, 7) is 2.15. The molecule has 2 rings (SSSR count). The van der Waals surface area contributed by atoms with E-state index in [-0.39, 0.29) is 11.5 Å². The summed E-state index contributed by atoms with van der Waals surface area (Å²) in [7, 11) is 0. The van der Waals surface area contributed by atoms with Crippen molar-refractivity contribution in [1.82, 2.24) is 0 Å². The number of aryl methyl sites for hydroxylation is 1. The zero-order valence-corrected chi connectivity index (χ0v) is 11.9. The predicted octanol–water partition coefficient (Wildman–Crippen LogP) is 2.86. The van der Waals surface area contributed by atoms with Crippen molar-refractivity contribution in [3.63, 3.8) is 0 Å². The molecular formula is C16H19NO4. The molecule has 0 bridgehead atoms. The first kappa shape index (κ1) is 15.3. The Bertz CT molecular complexity index is 587. The van der Waals surface area contributed by atoms with Gasteiger partial charge in [-0.3, -0.25) is 4.79 Å². The maximum absolute atomic E-state index is 11.9. The summed E-state index contributed by atoms with van der Waals surface area (Å²) >= 11 is 0. The number of amides is 1. The Hall–Kier alpha value is -2.11. The number of carbonyl (C=O) groups excluding carboxylic acids is 1. The molecule has 0 aliphatic heterocycles. The number of carbonyl (C=O) groups is 1. The largest absolute Gasteiger partial charge is 0.451 e. The van der Waals surface area contributed by atoms with Gasteiger partial charge in [0.15, 0.2) is 11.5 Å². The van der Waals surface area contributed by atoms with Crippen LogP contribution in [0, 0.1) is 0 Å². The zero-order valence-electron chi connectivity index (χ0n) is 11.9. The first-order chi connectivity index (χ1) is 10.1. The molecule has 0 saturated heterocycles. The fourth-order valence-corrected chi connectivity index (χ4v) is 1.94. The van der Waals surface area contributed by atoms with E-state index in [0.717, 1.165) is 19.3 Å². The molecule has 112 valence electrons. The van der Waals surface area contributed by atoms with E-state index in [1.807, 2.05) is 24.3 Å². The van der Waals surface area contributed by atoms with Gasteiger partial charge in [0.2, 0.25) is 6.29 Å². The molecular weight excluding hydrogens is 270 g/mol. The van der Waals surface area contributed by atoms with E-state index < -0.39 is 12.2 Å². The number of furan rings is 1. The van der Waals surface area contributed by atoms with Crippen LogP contribution in [0.25, 0.3) is 0 Å². The van der Waals surface area contributed by atoms with Crippen LogP contribution in [0.2, 0.25) is 0 Å². The lowest BCUT2D eigenvalue weighted by Gasteiger charge is -2.05. The van der Waals surface area contributed by atoms with E-state index in [2.05, 4.69) is 12.2 Å². The highest BCUT2D eigenvalue weighted by molar-refractivity contribution is 6.02. The summed E-state index contributed by atoms with van der Waals surface area (Å²) in [6, 6.07) is 10.4. The van der Waals surface area contributed by atoms with Crippen molar-refractivity contribution in [1.29, 1.82) is 0 Å². The van der Waals surface area contributed by atoms with Crippen LogP contribution in [-0.4, -0.2) is 16.1 Å². The SMILES string of the molecule is CCCCc1ccc(NC(=O)c2ccc(C(O)O)o2)cc1. The molecule has 21 heavy (non-hydrogen) atoms. The summed E-state index contributed by atoms with van der Waals surface area (Å²) in [5.41, 5.74) is 1.90. The van der Waals surface area contributed by atoms with Gasteiger partial charge in [0.1, 0.15) is 0 Å². The molecule has 3 N–H and O–H groups in total. The molecule has 0 saturated carbocycles. The van der Waals surface area contributed by atoms with Crippen molar-refractivity contribution in [3.05, 3.63) is 53.5 Å². The number of rotatable bonds is 6. The number of aliphatic hydroxyl groups excluding tert-OH is 1. The van der Waals surface area contributed by atoms with Crippen LogP contribution in [0.5, 0.6) is 0 Å². The highest BCUT2D eigenvalue weighted by atomic mass is 16.5. The van der Waals surface area contributed by atoms with Crippen LogP contribution in [0.15, 0.2) is 40.8 Å². The molecule has 0 unspecified atom stereocenters. The molecule has 1 amide bonds. The van der Waals surface area contributed by atoms with Gasteiger partial charge in [0.05, 0.1) is 0 Å². The Balaban J connectivity index is 1.98. The topological polar surface area (TPSA) is 82.7 Å². The van der Waals surface area contributed by atoms with Crippen molar-refractivity contribution >= 4 is 11.6 Å². The van der Waals surface area contributed by atoms with Crippen LogP contribution >= 0.6 is 0 Å². The molecule has 0 aliphatic carbocycles. The third kappa shape index (κ3) is 4.18. The van der Waals surface area contributed by atoms with Crippen molar-refractivity contribution in [2.75, 3.05) is 5.32 Å². The Morgan fingerprint density at radius 3 is 2.48 bits per heavy atom. The van der Waals surface area contributed by atoms with Gasteiger partial charge in [0, 0.05) is 5.69 Å². The highest BCUT2D eigenvalue weighted by Crippen LogP contribution is 2.17. The lowest BCUT2D eigenvalue weighted by Crippen LogP contribution is -2.10. The third-order valence-corrected chi connectivity index (χ3v) is 3.14. The van der Waals surface area contributed by atoms with Gasteiger partial charge in [-0.2, -0.15) is 0 Å². The highest BCUT2D eigenvalue weighted by Gasteiger charge is 2.14. The normalized spacial score (nSPS) is 10.9. The van der Waals surface area contributed by atoms with Crippen LogP contribution in [0.1, 0.15) is 47.9 Å². The second-order valence-electron chi connectivity index (χ2n) is 4.83. The summed E-state index contributed by atoms with van der Waals surface area (Å²) in [6.07, 6.45) is 1.60. The first-order valence-corrected chi connectivity index (χ1v) is 6.96. The van der Waals surface area contributed by atoms with Crippen LogP contribution in [0.3, 0.4) is 0 Å². The maximum atomic E-state index is 11.9. The average Bonchev–Trinajstić information content (AvgIpc) is 2.97. The molecule has 2 aromatic rings. The molecule has 5 heteroatoms. The van der Waals surface area contributed by atoms with Gasteiger partial charge in [-0.25, -0.2) is 0 Å². The number of nitrogens with one attached hydrogen (secondary N) is 1. The van der Waals surface area contributed by atoms with Crippen molar-refractivity contribution in [2.45, 2.75) is 32.5 Å². The zero-order chi connectivity index (χ0) is 15.2. The number of anilines is 1. The molecule has 1 aromatic heterocycles. The van der Waals surface area contributed by atoms with Crippen molar-refractivity contribution in [2.24, 2.45) is 0 Å². The molecule has 5 nitrogen and oxygen atoms in total. The van der Waals surface area contributed by atoms with E-state index in [9.17, 15) is 4.79 Å². The number of aliphatic hydroxyl groups is 2. The van der Waals surface area contributed by atoms with Gasteiger partial charge in [-0.15, -0.1) is 0 Å². The maximum Gasteiger partial charge on any atom is 0.291 e. The standard InChI is InChI=1S/C16H19NO4/c1-2-3-4-11-5-7-12(8-6-11)17-15(18)13-9-10-14(21-13)16(19)20/h5-10,16,19-20H,2-4H2,1H3,(H,17,18). The summed E-state index contributed by atoms with van der Waals surface area (Å²) < 4.78 is 5.04. The fraction of sp³-hybridized carbons (Fsp3) is 0.312. The predicted molar refractivity (Wildman–Crippen MR) is 78.9 cm³/mol. The minimum absolute atomic E-state index is 0.0353. The summed E-state index contributed by atoms with van der Waals surface area (Å²) in [5, 5.41) is 20.6. The van der Waals surface area contributed by atoms with E-state index in [4.69, 9.17) is 14.6 Å². The van der Waals surface area contributed by atoms with E-state index in [1.165, 1.54) is 17.7 Å². The number of hydrogen-bond acceptors (Lipinski definition) is 4. The van der Waals surface area contributed by atoms with Crippen molar-refractivity contribution < 1.29 is 19.4 Å². The Labute approximate surface area is 123 Å². The summed E-state index contributed by atoms with van der Waals surface area (Å²) in [5.74, 6) is -0.452. The molecule has 0 spiro atoms. The Morgan fingerprint density at radius 1 is 1.19 bits per heavy atom.